The first kappa shape index (κ1) is 10.2. The van der Waals surface area contributed by atoms with Crippen LogP contribution in [0.5, 0.6) is 5.75 Å². The predicted octanol–water partition coefficient (Wildman–Crippen LogP) is 0.753. The standard InChI is InChI=1S/C8H11NO3S/c1-9(2,13(11)12)7-3-5-8(10)6-4-7/h3-6H,1-2H3,(H-,10,11,12). The van der Waals surface area contributed by atoms with Gasteiger partial charge in [-0.1, -0.05) is 0 Å². The van der Waals surface area contributed by atoms with Gasteiger partial charge in [0.25, 0.3) is 0 Å². The molecule has 1 atom stereocenters. The molecule has 1 N–H and O–H groups in total. The molecule has 0 aliphatic carbocycles. The Bertz CT molecular complexity index is 321. The third-order valence-electron chi connectivity index (χ3n) is 1.84. The highest BCUT2D eigenvalue weighted by Gasteiger charge is 2.20. The first-order valence-electron chi connectivity index (χ1n) is 3.68. The molecule has 0 bridgehead atoms. The summed E-state index contributed by atoms with van der Waals surface area (Å²) in [4.78, 5) is 0. The van der Waals surface area contributed by atoms with E-state index in [-0.39, 0.29) is 9.64 Å². The average Bonchev–Trinajstić information content (AvgIpc) is 2.04. The molecule has 1 unspecified atom stereocenters. The van der Waals surface area contributed by atoms with Crippen molar-refractivity contribution in [2.75, 3.05) is 14.1 Å². The lowest BCUT2D eigenvalue weighted by molar-refractivity contribution is 0.461. The Hall–Kier alpha value is -0.910. The Morgan fingerprint density at radius 1 is 1.31 bits per heavy atom. The molecular formula is C8H11NO3S. The molecule has 0 saturated carbocycles. The molecule has 1 aromatic rings. The van der Waals surface area contributed by atoms with Gasteiger partial charge in [-0.15, -0.1) is 0 Å². The third-order valence-corrected chi connectivity index (χ3v) is 2.80. The largest absolute Gasteiger partial charge is 0.724 e. The maximum absolute atomic E-state index is 10.8. The van der Waals surface area contributed by atoms with E-state index in [0.29, 0.717) is 5.69 Å². The maximum Gasteiger partial charge on any atom is 0.153 e. The molecule has 1 aromatic carbocycles. The minimum atomic E-state index is -2.23. The van der Waals surface area contributed by atoms with Crippen molar-refractivity contribution in [3.05, 3.63) is 24.3 Å². The highest BCUT2D eigenvalue weighted by atomic mass is 32.2. The summed E-state index contributed by atoms with van der Waals surface area (Å²) in [5, 5.41) is 9.00. The van der Waals surface area contributed by atoms with E-state index in [2.05, 4.69) is 0 Å². The van der Waals surface area contributed by atoms with Gasteiger partial charge in [0.05, 0.1) is 14.1 Å². The van der Waals surface area contributed by atoms with Crippen LogP contribution in [0, 0.1) is 0 Å². The average molecular weight is 201 g/mol. The topological polar surface area (TPSA) is 60.4 Å². The van der Waals surface area contributed by atoms with Gasteiger partial charge >= 0.3 is 0 Å². The first-order chi connectivity index (χ1) is 5.94. The zero-order chi connectivity index (χ0) is 10.1. The van der Waals surface area contributed by atoms with Gasteiger partial charge < -0.3 is 9.66 Å². The number of phenols is 1. The SMILES string of the molecule is C[N+](C)(c1ccc(O)cc1)S(=O)[O-]. The Morgan fingerprint density at radius 2 is 1.77 bits per heavy atom. The molecule has 0 aliphatic rings. The van der Waals surface area contributed by atoms with Crippen molar-refractivity contribution in [2.24, 2.45) is 0 Å². The molecule has 72 valence electrons. The monoisotopic (exact) mass is 201 g/mol. The first-order valence-corrected chi connectivity index (χ1v) is 4.71. The van der Waals surface area contributed by atoms with Gasteiger partial charge in [0, 0.05) is 12.1 Å². The number of quaternary nitrogens is 1. The molecule has 0 aliphatic heterocycles. The summed E-state index contributed by atoms with van der Waals surface area (Å²) in [5.41, 5.74) is 0.603. The molecule has 13 heavy (non-hydrogen) atoms. The maximum atomic E-state index is 10.8. The lowest BCUT2D eigenvalue weighted by Gasteiger charge is -2.29. The van der Waals surface area contributed by atoms with Gasteiger partial charge in [-0.2, -0.15) is 0 Å². The van der Waals surface area contributed by atoms with Crippen LogP contribution in [-0.4, -0.2) is 28.0 Å². The quantitative estimate of drug-likeness (QED) is 0.567. The van der Waals surface area contributed by atoms with E-state index < -0.39 is 11.3 Å². The molecule has 0 spiro atoms. The summed E-state index contributed by atoms with van der Waals surface area (Å²) in [6, 6.07) is 6.07. The molecule has 5 heteroatoms. The van der Waals surface area contributed by atoms with Gasteiger partial charge in [0.2, 0.25) is 0 Å². The van der Waals surface area contributed by atoms with Crippen LogP contribution >= 0.6 is 0 Å². The predicted molar refractivity (Wildman–Crippen MR) is 50.7 cm³/mol. The van der Waals surface area contributed by atoms with Gasteiger partial charge in [0.1, 0.15) is 11.4 Å². The van der Waals surface area contributed by atoms with Crippen molar-refractivity contribution in [3.63, 3.8) is 0 Å². The Morgan fingerprint density at radius 3 is 2.15 bits per heavy atom. The number of hydrogen-bond donors (Lipinski definition) is 1. The van der Waals surface area contributed by atoms with E-state index in [0.717, 1.165) is 0 Å². The van der Waals surface area contributed by atoms with Gasteiger partial charge in [-0.25, -0.2) is 8.10 Å². The molecule has 0 saturated heterocycles. The molecule has 0 heterocycles. The highest BCUT2D eigenvalue weighted by molar-refractivity contribution is 7.78. The summed E-state index contributed by atoms with van der Waals surface area (Å²) >= 11 is -2.23. The van der Waals surface area contributed by atoms with Crippen molar-refractivity contribution < 1.29 is 13.9 Å². The zero-order valence-corrected chi connectivity index (χ0v) is 8.25. The summed E-state index contributed by atoms with van der Waals surface area (Å²) < 4.78 is 21.4. The van der Waals surface area contributed by atoms with E-state index in [9.17, 15) is 8.76 Å². The zero-order valence-electron chi connectivity index (χ0n) is 7.43. The summed E-state index contributed by atoms with van der Waals surface area (Å²) in [6.45, 7) is 0. The van der Waals surface area contributed by atoms with Crippen molar-refractivity contribution >= 4 is 17.0 Å². The lowest BCUT2D eigenvalue weighted by atomic mass is 10.3. The molecule has 1 rings (SSSR count). The lowest BCUT2D eigenvalue weighted by Crippen LogP contribution is -2.41. The Kier molecular flexibility index (Phi) is 2.70. The minimum Gasteiger partial charge on any atom is -0.724 e. The Labute approximate surface area is 79.4 Å². The van der Waals surface area contributed by atoms with Crippen molar-refractivity contribution in [1.29, 1.82) is 0 Å². The number of aromatic hydroxyl groups is 1. The second-order valence-electron chi connectivity index (χ2n) is 3.08. The van der Waals surface area contributed by atoms with Crippen LogP contribution < -0.4 is 3.89 Å². The van der Waals surface area contributed by atoms with Gasteiger partial charge in [-0.3, -0.25) is 0 Å². The van der Waals surface area contributed by atoms with E-state index in [1.54, 1.807) is 26.2 Å². The molecule has 0 amide bonds. The van der Waals surface area contributed by atoms with E-state index in [4.69, 9.17) is 5.11 Å². The van der Waals surface area contributed by atoms with E-state index in [1.807, 2.05) is 0 Å². The van der Waals surface area contributed by atoms with E-state index in [1.165, 1.54) is 12.1 Å². The normalized spacial score (nSPS) is 14.1. The van der Waals surface area contributed by atoms with Crippen LogP contribution in [0.15, 0.2) is 24.3 Å². The highest BCUT2D eigenvalue weighted by Crippen LogP contribution is 2.22. The van der Waals surface area contributed by atoms with Crippen LogP contribution in [0.25, 0.3) is 0 Å². The number of phenolic OH excluding ortho intramolecular Hbond substituents is 1. The molecule has 0 fully saturated rings. The fraction of sp³-hybridized carbons (Fsp3) is 0.250. The fourth-order valence-corrected chi connectivity index (χ4v) is 1.19. The van der Waals surface area contributed by atoms with Crippen molar-refractivity contribution in [2.45, 2.75) is 0 Å². The third kappa shape index (κ3) is 2.06. The summed E-state index contributed by atoms with van der Waals surface area (Å²) in [7, 11) is 3.10. The van der Waals surface area contributed by atoms with Crippen LogP contribution in [0.3, 0.4) is 0 Å². The van der Waals surface area contributed by atoms with Crippen molar-refractivity contribution in [1.82, 2.24) is 3.89 Å². The van der Waals surface area contributed by atoms with Crippen LogP contribution in [0.1, 0.15) is 0 Å². The summed E-state index contributed by atoms with van der Waals surface area (Å²) in [6.07, 6.45) is 0. The molecule has 4 nitrogen and oxygen atoms in total. The molecule has 0 aromatic heterocycles. The minimum absolute atomic E-state index is 0.125. The second-order valence-corrected chi connectivity index (χ2v) is 4.43. The fourth-order valence-electron chi connectivity index (χ4n) is 0.898. The molecule has 0 radical (unpaired) electrons. The smallest absolute Gasteiger partial charge is 0.153 e. The number of nitrogens with zero attached hydrogens (tertiary/aromatic N) is 1. The Balaban J connectivity index is 3.08. The molecular weight excluding hydrogens is 190 g/mol. The van der Waals surface area contributed by atoms with Crippen LogP contribution in [0.4, 0.5) is 5.69 Å². The number of benzene rings is 1. The number of hydrogen-bond acceptors (Lipinski definition) is 3. The van der Waals surface area contributed by atoms with Crippen molar-refractivity contribution in [3.8, 4) is 5.75 Å². The van der Waals surface area contributed by atoms with Gasteiger partial charge in [-0.05, 0) is 12.1 Å². The number of rotatable bonds is 2. The summed E-state index contributed by atoms with van der Waals surface area (Å²) in [5.74, 6) is 0.125. The second kappa shape index (κ2) is 3.45. The van der Waals surface area contributed by atoms with E-state index >= 15 is 0 Å². The van der Waals surface area contributed by atoms with Crippen LogP contribution in [0.2, 0.25) is 0 Å². The van der Waals surface area contributed by atoms with Gasteiger partial charge in [0.15, 0.2) is 11.3 Å². The van der Waals surface area contributed by atoms with Crippen LogP contribution in [-0.2, 0) is 11.3 Å².